The molecule has 222 valence electrons. The van der Waals surface area contributed by atoms with Crippen molar-refractivity contribution in [2.75, 3.05) is 35.4 Å². The van der Waals surface area contributed by atoms with Crippen molar-refractivity contribution < 1.29 is 49.0 Å². The standard InChI is InChI=1S/C30H32N2O10/c1-32(2)23-16-9-13-8-15-14(12-10-18(40-3)26(42-5)19(11-12)41-4)6-7-17(33)21(15)24(34)20(13)27(36)30(16,39)28(37)22(25(23)35)29(31)38/h6-7,10-11,13,16,23,33,35-36,39H,8-9H2,1-5H3,(H2,31,38)/t13-,16-,23-,30+/m1/s1. The average Bonchev–Trinajstić information content (AvgIpc) is 2.93. The summed E-state index contributed by atoms with van der Waals surface area (Å²) in [6.07, 6.45) is 0.116. The molecule has 3 aliphatic rings. The maximum absolute atomic E-state index is 14.0. The monoisotopic (exact) mass is 580 g/mol. The molecule has 0 unspecified atom stereocenters. The number of aromatic hydroxyl groups is 1. The maximum atomic E-state index is 14.0. The van der Waals surface area contributed by atoms with E-state index in [0.29, 0.717) is 33.9 Å². The first kappa shape index (κ1) is 29.0. The minimum Gasteiger partial charge on any atom is -0.510 e. The van der Waals surface area contributed by atoms with Crippen molar-refractivity contribution in [3.63, 3.8) is 0 Å². The number of nitrogens with zero attached hydrogens (tertiary/aromatic N) is 1. The van der Waals surface area contributed by atoms with Crippen LogP contribution >= 0.6 is 0 Å². The number of ether oxygens (including phenoxy) is 3. The Bertz CT molecular complexity index is 1580. The zero-order valence-corrected chi connectivity index (χ0v) is 23.7. The number of Topliss-reactive ketones (excluding diaryl/α,β-unsaturated/α-hetero) is 2. The lowest BCUT2D eigenvalue weighted by molar-refractivity contribution is -0.148. The number of primary amides is 1. The highest BCUT2D eigenvalue weighted by molar-refractivity contribution is 6.24. The van der Waals surface area contributed by atoms with Crippen LogP contribution in [0.4, 0.5) is 0 Å². The van der Waals surface area contributed by atoms with Gasteiger partial charge in [-0.2, -0.15) is 0 Å². The molecule has 5 rings (SSSR count). The van der Waals surface area contributed by atoms with Crippen molar-refractivity contribution in [2.45, 2.75) is 24.5 Å². The molecule has 6 N–H and O–H groups in total. The lowest BCUT2D eigenvalue weighted by Gasteiger charge is -2.50. The number of benzene rings is 2. The first-order chi connectivity index (χ1) is 19.8. The summed E-state index contributed by atoms with van der Waals surface area (Å²) in [6.45, 7) is 0. The third kappa shape index (κ3) is 3.86. The van der Waals surface area contributed by atoms with Crippen LogP contribution in [0.15, 0.2) is 46.9 Å². The molecule has 0 heterocycles. The van der Waals surface area contributed by atoms with E-state index in [1.807, 2.05) is 0 Å². The number of phenols is 1. The van der Waals surface area contributed by atoms with Gasteiger partial charge in [0.1, 0.15) is 22.8 Å². The number of carbonyl (C=O) groups excluding carboxylic acids is 3. The van der Waals surface area contributed by atoms with Gasteiger partial charge in [0.25, 0.3) is 5.91 Å². The van der Waals surface area contributed by atoms with Gasteiger partial charge in [0, 0.05) is 11.5 Å². The zero-order valence-electron chi connectivity index (χ0n) is 23.7. The first-order valence-corrected chi connectivity index (χ1v) is 13.1. The van der Waals surface area contributed by atoms with Crippen molar-refractivity contribution in [1.29, 1.82) is 0 Å². The van der Waals surface area contributed by atoms with Crippen LogP contribution in [-0.4, -0.2) is 89.9 Å². The molecule has 0 saturated heterocycles. The summed E-state index contributed by atoms with van der Waals surface area (Å²) in [6, 6.07) is 5.33. The van der Waals surface area contributed by atoms with Crippen LogP contribution in [-0.2, 0) is 16.0 Å². The molecule has 12 nitrogen and oxygen atoms in total. The summed E-state index contributed by atoms with van der Waals surface area (Å²) < 4.78 is 16.4. The average molecular weight is 581 g/mol. The van der Waals surface area contributed by atoms with E-state index >= 15 is 0 Å². The molecular formula is C30H32N2O10. The molecule has 1 amide bonds. The van der Waals surface area contributed by atoms with Crippen molar-refractivity contribution in [3.05, 3.63) is 58.1 Å². The Balaban J connectivity index is 1.72. The van der Waals surface area contributed by atoms with Gasteiger partial charge in [0.05, 0.1) is 32.9 Å². The van der Waals surface area contributed by atoms with Gasteiger partial charge in [-0.25, -0.2) is 0 Å². The predicted molar refractivity (Wildman–Crippen MR) is 149 cm³/mol. The molecule has 12 heteroatoms. The van der Waals surface area contributed by atoms with E-state index < -0.39 is 58.0 Å². The Morgan fingerprint density at radius 2 is 1.64 bits per heavy atom. The van der Waals surface area contributed by atoms with Crippen LogP contribution in [0.25, 0.3) is 11.1 Å². The highest BCUT2D eigenvalue weighted by Gasteiger charge is 2.63. The van der Waals surface area contributed by atoms with E-state index in [9.17, 15) is 34.8 Å². The fourth-order valence-electron chi connectivity index (χ4n) is 6.76. The van der Waals surface area contributed by atoms with Crippen molar-refractivity contribution >= 4 is 17.5 Å². The zero-order chi connectivity index (χ0) is 30.8. The number of carbonyl (C=O) groups is 3. The van der Waals surface area contributed by atoms with E-state index in [1.54, 1.807) is 32.3 Å². The molecule has 3 aliphatic carbocycles. The number of hydrogen-bond acceptors (Lipinski definition) is 11. The van der Waals surface area contributed by atoms with Gasteiger partial charge in [0.2, 0.25) is 11.5 Å². The van der Waals surface area contributed by atoms with Gasteiger partial charge >= 0.3 is 0 Å². The molecule has 0 bridgehead atoms. The normalized spacial score (nSPS) is 25.2. The minimum absolute atomic E-state index is 0.0177. The van der Waals surface area contributed by atoms with Gasteiger partial charge in [-0.05, 0) is 67.7 Å². The van der Waals surface area contributed by atoms with E-state index in [0.717, 1.165) is 0 Å². The van der Waals surface area contributed by atoms with Crippen molar-refractivity contribution in [3.8, 4) is 34.1 Å². The molecule has 0 aromatic heterocycles. The fraction of sp³-hybridized carbons (Fsp3) is 0.367. The number of methoxy groups -OCH3 is 3. The number of likely N-dealkylation sites (N-methyl/N-ethyl adjacent to an activating group) is 1. The summed E-state index contributed by atoms with van der Waals surface area (Å²) in [7, 11) is 7.57. The molecule has 2 aromatic carbocycles. The smallest absolute Gasteiger partial charge is 0.255 e. The van der Waals surface area contributed by atoms with E-state index in [-0.39, 0.29) is 29.7 Å². The van der Waals surface area contributed by atoms with Crippen LogP contribution in [0.3, 0.4) is 0 Å². The Morgan fingerprint density at radius 1 is 1.02 bits per heavy atom. The highest BCUT2D eigenvalue weighted by atomic mass is 16.5. The number of amides is 1. The number of aliphatic hydroxyl groups excluding tert-OH is 2. The Hall–Kier alpha value is -4.55. The van der Waals surface area contributed by atoms with Crippen molar-refractivity contribution in [1.82, 2.24) is 4.90 Å². The lowest BCUT2D eigenvalue weighted by atomic mass is 9.58. The first-order valence-electron chi connectivity index (χ1n) is 13.1. The van der Waals surface area contributed by atoms with Gasteiger partial charge in [-0.15, -0.1) is 0 Å². The predicted octanol–water partition coefficient (Wildman–Crippen LogP) is 1.81. The van der Waals surface area contributed by atoms with Crippen LogP contribution in [0.1, 0.15) is 22.3 Å². The number of hydrogen-bond donors (Lipinski definition) is 5. The largest absolute Gasteiger partial charge is 0.510 e. The van der Waals surface area contributed by atoms with Gasteiger partial charge in [-0.3, -0.25) is 19.3 Å². The van der Waals surface area contributed by atoms with Gasteiger partial charge < -0.3 is 40.4 Å². The van der Waals surface area contributed by atoms with E-state index in [2.05, 4.69) is 0 Å². The highest BCUT2D eigenvalue weighted by Crippen LogP contribution is 2.53. The second-order valence-corrected chi connectivity index (χ2v) is 10.9. The maximum Gasteiger partial charge on any atom is 0.255 e. The van der Waals surface area contributed by atoms with E-state index in [1.165, 1.54) is 32.3 Å². The van der Waals surface area contributed by atoms with Crippen molar-refractivity contribution in [2.24, 2.45) is 17.6 Å². The summed E-state index contributed by atoms with van der Waals surface area (Å²) in [5.74, 6) is -5.93. The molecule has 0 radical (unpaired) electrons. The summed E-state index contributed by atoms with van der Waals surface area (Å²) >= 11 is 0. The van der Waals surface area contributed by atoms with Gasteiger partial charge in [0.15, 0.2) is 22.9 Å². The molecule has 42 heavy (non-hydrogen) atoms. The number of fused-ring (bicyclic) bond motifs is 3. The number of nitrogens with two attached hydrogens (primary N) is 1. The molecule has 0 spiro atoms. The lowest BCUT2D eigenvalue weighted by Crippen LogP contribution is -2.63. The summed E-state index contributed by atoms with van der Waals surface area (Å²) in [5.41, 5.74) is 3.16. The minimum atomic E-state index is -2.70. The quantitative estimate of drug-likeness (QED) is 0.313. The molecule has 0 aliphatic heterocycles. The summed E-state index contributed by atoms with van der Waals surface area (Å²) in [5, 5.41) is 45.0. The number of phenolic OH excluding ortho intramolecular Hbond substituents is 1. The van der Waals surface area contributed by atoms with Crippen LogP contribution < -0.4 is 19.9 Å². The second kappa shape index (κ2) is 10.1. The third-order valence-electron chi connectivity index (χ3n) is 8.58. The summed E-state index contributed by atoms with van der Waals surface area (Å²) in [4.78, 5) is 41.1. The molecule has 4 atom stereocenters. The van der Waals surface area contributed by atoms with Crippen LogP contribution in [0.2, 0.25) is 0 Å². The number of ketones is 2. The molecule has 0 saturated carbocycles. The molecule has 0 fully saturated rings. The number of aliphatic hydroxyl groups is 3. The van der Waals surface area contributed by atoms with Crippen LogP contribution in [0.5, 0.6) is 23.0 Å². The number of rotatable bonds is 6. The Labute approximate surface area is 241 Å². The second-order valence-electron chi connectivity index (χ2n) is 10.9. The molecular weight excluding hydrogens is 548 g/mol. The van der Waals surface area contributed by atoms with Crippen LogP contribution in [0, 0.1) is 11.8 Å². The molecule has 2 aromatic rings. The fourth-order valence-corrected chi connectivity index (χ4v) is 6.76. The Kier molecular flexibility index (Phi) is 6.94. The third-order valence-corrected chi connectivity index (χ3v) is 8.58. The van der Waals surface area contributed by atoms with Gasteiger partial charge in [-0.1, -0.05) is 6.07 Å². The Morgan fingerprint density at radius 3 is 2.17 bits per heavy atom. The number of allylic oxidation sites excluding steroid dienone is 1. The van der Waals surface area contributed by atoms with E-state index in [4.69, 9.17) is 19.9 Å². The topological polar surface area (TPSA) is 189 Å². The SMILES string of the molecule is COc1cc(-c2ccc(O)c3c2C[C@@H]2C[C@@H]4[C@@H](N(C)C)C(O)=C(C(N)=O)C(=O)[C@@]4(O)C(O)=C2C3=O)cc(OC)c1OC.